The van der Waals surface area contributed by atoms with Crippen molar-refractivity contribution >= 4 is 46.8 Å². The molecule has 0 saturated heterocycles. The van der Waals surface area contributed by atoms with E-state index in [1.165, 1.54) is 11.8 Å². The molecule has 0 spiro atoms. The molecule has 3 aromatic rings. The van der Waals surface area contributed by atoms with Crippen molar-refractivity contribution in [1.29, 1.82) is 0 Å². The number of carbonyl (C=O) groups excluding carboxylic acids is 2. The number of aryl methyl sites for hydroxylation is 1. The van der Waals surface area contributed by atoms with Gasteiger partial charge in [0.25, 0.3) is 0 Å². The highest BCUT2D eigenvalue weighted by Crippen LogP contribution is 2.28. The van der Waals surface area contributed by atoms with E-state index < -0.39 is 6.04 Å². The number of carbonyl (C=O) groups is 2. The molecule has 0 bridgehead atoms. The van der Waals surface area contributed by atoms with Gasteiger partial charge in [-0.1, -0.05) is 89.4 Å². The van der Waals surface area contributed by atoms with Crippen molar-refractivity contribution in [2.24, 2.45) is 0 Å². The highest BCUT2D eigenvalue weighted by atomic mass is 35.5. The van der Waals surface area contributed by atoms with Gasteiger partial charge in [0.1, 0.15) is 6.04 Å². The van der Waals surface area contributed by atoms with E-state index in [2.05, 4.69) is 11.4 Å². The molecule has 0 unspecified atom stereocenters. The molecule has 7 heteroatoms. The van der Waals surface area contributed by atoms with Crippen molar-refractivity contribution in [2.75, 3.05) is 5.75 Å². The molecule has 0 aliphatic carbocycles. The minimum atomic E-state index is -0.646. The van der Waals surface area contributed by atoms with E-state index in [1.807, 2.05) is 69.3 Å². The van der Waals surface area contributed by atoms with Crippen molar-refractivity contribution in [3.63, 3.8) is 0 Å². The smallest absolute Gasteiger partial charge is 0.243 e. The Kier molecular flexibility index (Phi) is 10.7. The molecule has 36 heavy (non-hydrogen) atoms. The summed E-state index contributed by atoms with van der Waals surface area (Å²) in [4.78, 5) is 28.8. The van der Waals surface area contributed by atoms with Crippen LogP contribution in [0.15, 0.2) is 72.8 Å². The van der Waals surface area contributed by atoms with Crippen molar-refractivity contribution in [3.05, 3.63) is 105 Å². The Balaban J connectivity index is 1.87. The third-order valence-electron chi connectivity index (χ3n) is 5.67. The van der Waals surface area contributed by atoms with Crippen LogP contribution in [0.1, 0.15) is 36.1 Å². The third kappa shape index (κ3) is 8.29. The number of nitrogens with zero attached hydrogens (tertiary/aromatic N) is 1. The van der Waals surface area contributed by atoms with Crippen molar-refractivity contribution in [1.82, 2.24) is 10.2 Å². The zero-order valence-electron chi connectivity index (χ0n) is 20.8. The molecule has 1 atom stereocenters. The Bertz CT molecular complexity index is 1150. The average molecular weight is 544 g/mol. The lowest BCUT2D eigenvalue weighted by atomic mass is 10.0. The summed E-state index contributed by atoms with van der Waals surface area (Å²) >= 11 is 14.1. The second-order valence-corrected chi connectivity index (χ2v) is 10.9. The molecule has 0 aromatic heterocycles. The van der Waals surface area contributed by atoms with E-state index in [9.17, 15) is 9.59 Å². The number of amides is 2. The van der Waals surface area contributed by atoms with Gasteiger partial charge in [0, 0.05) is 34.8 Å². The fourth-order valence-electron chi connectivity index (χ4n) is 3.94. The largest absolute Gasteiger partial charge is 0.352 e. The zero-order chi connectivity index (χ0) is 26.1. The highest BCUT2D eigenvalue weighted by molar-refractivity contribution is 7.99. The second-order valence-electron chi connectivity index (χ2n) is 9.07. The number of thioether (sulfide) groups is 1. The number of halogens is 2. The third-order valence-corrected chi connectivity index (χ3v) is 7.32. The lowest BCUT2D eigenvalue weighted by Crippen LogP contribution is -2.52. The molecule has 4 nitrogen and oxygen atoms in total. The monoisotopic (exact) mass is 542 g/mol. The normalized spacial score (nSPS) is 11.8. The molecule has 0 saturated carbocycles. The fraction of sp³-hybridized carbons (Fsp3) is 0.310. The van der Waals surface area contributed by atoms with Crippen molar-refractivity contribution in [2.45, 2.75) is 51.6 Å². The lowest BCUT2D eigenvalue weighted by molar-refractivity contribution is -0.139. The van der Waals surface area contributed by atoms with E-state index in [0.717, 1.165) is 22.3 Å². The van der Waals surface area contributed by atoms with Crippen LogP contribution in [-0.2, 0) is 28.3 Å². The van der Waals surface area contributed by atoms with Gasteiger partial charge in [-0.2, -0.15) is 0 Å². The maximum absolute atomic E-state index is 13.7. The molecule has 0 fully saturated rings. The first-order chi connectivity index (χ1) is 17.2. The maximum Gasteiger partial charge on any atom is 0.243 e. The fourth-order valence-corrected chi connectivity index (χ4v) is 5.58. The number of nitrogens with one attached hydrogen (secondary N) is 1. The summed E-state index contributed by atoms with van der Waals surface area (Å²) in [5, 5.41) is 4.18. The predicted octanol–water partition coefficient (Wildman–Crippen LogP) is 6.70. The maximum atomic E-state index is 13.7. The quantitative estimate of drug-likeness (QED) is 0.293. The van der Waals surface area contributed by atoms with Gasteiger partial charge in [-0.25, -0.2) is 0 Å². The molecular weight excluding hydrogens is 511 g/mol. The molecule has 3 aromatic carbocycles. The van der Waals surface area contributed by atoms with Crippen LogP contribution < -0.4 is 5.32 Å². The standard InChI is InChI=1S/C29H32Cl2N2O2S/c1-20(2)32-29(35)27(16-22-10-5-4-6-11-22)33(17-23-12-7-9-21(3)15-23)28(34)19-36-18-24-25(30)13-8-14-26(24)31/h4-15,20,27H,16-19H2,1-3H3,(H,32,35)/t27-/m0/s1. The topological polar surface area (TPSA) is 49.4 Å². The summed E-state index contributed by atoms with van der Waals surface area (Å²) in [5.41, 5.74) is 3.90. The number of hydrogen-bond donors (Lipinski definition) is 1. The highest BCUT2D eigenvalue weighted by Gasteiger charge is 2.30. The van der Waals surface area contributed by atoms with Crippen LogP contribution in [0.5, 0.6) is 0 Å². The van der Waals surface area contributed by atoms with E-state index in [-0.39, 0.29) is 23.6 Å². The molecule has 1 N–H and O–H groups in total. The molecule has 0 radical (unpaired) electrons. The van der Waals surface area contributed by atoms with Crippen LogP contribution in [0, 0.1) is 6.92 Å². The number of rotatable bonds is 11. The first kappa shape index (κ1) is 28.1. The zero-order valence-corrected chi connectivity index (χ0v) is 23.2. The Morgan fingerprint density at radius 2 is 1.56 bits per heavy atom. The van der Waals surface area contributed by atoms with Crippen molar-refractivity contribution in [3.8, 4) is 0 Å². The van der Waals surface area contributed by atoms with Crippen LogP contribution in [0.2, 0.25) is 10.0 Å². The minimum absolute atomic E-state index is 0.0385. The van der Waals surface area contributed by atoms with Gasteiger partial charge in [0.2, 0.25) is 11.8 Å². The van der Waals surface area contributed by atoms with Crippen molar-refractivity contribution < 1.29 is 9.59 Å². The summed E-state index contributed by atoms with van der Waals surface area (Å²) in [6, 6.07) is 22.5. The Hall–Kier alpha value is -2.47. The molecule has 190 valence electrons. The molecule has 0 aliphatic heterocycles. The molecule has 0 heterocycles. The lowest BCUT2D eigenvalue weighted by Gasteiger charge is -2.32. The Morgan fingerprint density at radius 1 is 0.917 bits per heavy atom. The van der Waals surface area contributed by atoms with Crippen LogP contribution in [0.3, 0.4) is 0 Å². The predicted molar refractivity (Wildman–Crippen MR) is 152 cm³/mol. The van der Waals surface area contributed by atoms with Crippen LogP contribution in [-0.4, -0.2) is 34.6 Å². The van der Waals surface area contributed by atoms with E-state index >= 15 is 0 Å². The van der Waals surface area contributed by atoms with Crippen LogP contribution >= 0.6 is 35.0 Å². The van der Waals surface area contributed by atoms with E-state index in [1.54, 1.807) is 23.1 Å². The minimum Gasteiger partial charge on any atom is -0.352 e. The van der Waals surface area contributed by atoms with Crippen LogP contribution in [0.25, 0.3) is 0 Å². The van der Waals surface area contributed by atoms with Gasteiger partial charge < -0.3 is 10.2 Å². The van der Waals surface area contributed by atoms with Gasteiger partial charge in [-0.05, 0) is 49.6 Å². The number of hydrogen-bond acceptors (Lipinski definition) is 3. The van der Waals surface area contributed by atoms with Gasteiger partial charge in [-0.15, -0.1) is 11.8 Å². The van der Waals surface area contributed by atoms with Gasteiger partial charge >= 0.3 is 0 Å². The summed E-state index contributed by atoms with van der Waals surface area (Å²) in [5.74, 6) is 0.441. The molecular formula is C29H32Cl2N2O2S. The summed E-state index contributed by atoms with van der Waals surface area (Å²) < 4.78 is 0. The summed E-state index contributed by atoms with van der Waals surface area (Å²) in [6.07, 6.45) is 0.429. The molecule has 0 aliphatic rings. The summed E-state index contributed by atoms with van der Waals surface area (Å²) in [7, 11) is 0. The van der Waals surface area contributed by atoms with Gasteiger partial charge in [-0.3, -0.25) is 9.59 Å². The second kappa shape index (κ2) is 13.7. The van der Waals surface area contributed by atoms with Gasteiger partial charge in [0.05, 0.1) is 5.75 Å². The first-order valence-electron chi connectivity index (χ1n) is 11.9. The first-order valence-corrected chi connectivity index (χ1v) is 13.9. The summed E-state index contributed by atoms with van der Waals surface area (Å²) in [6.45, 7) is 6.21. The van der Waals surface area contributed by atoms with E-state index in [4.69, 9.17) is 23.2 Å². The molecule has 2 amide bonds. The number of benzene rings is 3. The van der Waals surface area contributed by atoms with Crippen LogP contribution in [0.4, 0.5) is 0 Å². The van der Waals surface area contributed by atoms with E-state index in [0.29, 0.717) is 28.8 Å². The Morgan fingerprint density at radius 3 is 2.19 bits per heavy atom. The SMILES string of the molecule is Cc1cccc(CN(C(=O)CSCc2c(Cl)cccc2Cl)[C@@H](Cc2ccccc2)C(=O)NC(C)C)c1. The Labute approximate surface area is 228 Å². The average Bonchev–Trinajstić information content (AvgIpc) is 2.83. The van der Waals surface area contributed by atoms with Gasteiger partial charge in [0.15, 0.2) is 0 Å². The molecule has 3 rings (SSSR count).